The van der Waals surface area contributed by atoms with Gasteiger partial charge in [-0.3, -0.25) is 4.79 Å². The topological polar surface area (TPSA) is 26.3 Å². The molecule has 92 valence electrons. The van der Waals surface area contributed by atoms with Gasteiger partial charge in [-0.25, -0.2) is 0 Å². The molecule has 0 aliphatic carbocycles. The van der Waals surface area contributed by atoms with Gasteiger partial charge in [-0.2, -0.15) is 0 Å². The minimum atomic E-state index is -0.281. The fourth-order valence-corrected chi connectivity index (χ4v) is 1.26. The summed E-state index contributed by atoms with van der Waals surface area (Å²) in [5.74, 6) is -0.0325. The molecule has 0 aliphatic rings. The summed E-state index contributed by atoms with van der Waals surface area (Å²) in [5.41, 5.74) is 0.698. The van der Waals surface area contributed by atoms with E-state index < -0.39 is 0 Å². The Morgan fingerprint density at radius 1 is 1.29 bits per heavy atom. The van der Waals surface area contributed by atoms with Crippen LogP contribution in [0, 0.1) is 0 Å². The zero-order valence-corrected chi connectivity index (χ0v) is 11.3. The first-order valence-electron chi connectivity index (χ1n) is 5.51. The third-order valence-corrected chi connectivity index (χ3v) is 2.30. The van der Waals surface area contributed by atoms with Crippen LogP contribution in [0.5, 0.6) is 0 Å². The summed E-state index contributed by atoms with van der Waals surface area (Å²) < 4.78 is 5.39. The number of hydrogen-bond acceptors (Lipinski definition) is 3. The second kappa shape index (κ2) is 6.03. The maximum atomic E-state index is 11.5. The first-order valence-corrected chi connectivity index (χ1v) is 5.95. The maximum Gasteiger partial charge on any atom is 0.181 e. The lowest BCUT2D eigenvalue weighted by molar-refractivity contribution is -0.123. The molecule has 0 spiro atoms. The van der Waals surface area contributed by atoms with Gasteiger partial charge in [0.25, 0.3) is 0 Å². The van der Waals surface area contributed by atoms with E-state index in [1.165, 1.54) is 0 Å². The molecule has 0 radical (unpaired) electrons. The zero-order chi connectivity index (χ0) is 12.9. The maximum absolute atomic E-state index is 11.5. The lowest BCUT2D eigenvalue weighted by atomic mass is 10.2. The van der Waals surface area contributed by atoms with E-state index in [2.05, 4.69) is 12.6 Å². The summed E-state index contributed by atoms with van der Waals surface area (Å²) in [7, 11) is 0. The molecule has 0 fully saturated rings. The van der Waals surface area contributed by atoms with Gasteiger partial charge < -0.3 is 4.74 Å². The van der Waals surface area contributed by atoms with E-state index in [1.807, 2.05) is 45.0 Å². The summed E-state index contributed by atoms with van der Waals surface area (Å²) in [6.45, 7) is 5.89. The number of carbonyl (C=O) groups is 1. The van der Waals surface area contributed by atoms with E-state index >= 15 is 0 Å². The summed E-state index contributed by atoms with van der Waals surface area (Å²) in [4.78, 5) is 12.4. The summed E-state index contributed by atoms with van der Waals surface area (Å²) in [6.07, 6.45) is 3.32. The van der Waals surface area contributed by atoms with Crippen molar-refractivity contribution in [3.8, 4) is 0 Å². The fourth-order valence-electron chi connectivity index (χ4n) is 1.11. The Morgan fingerprint density at radius 2 is 1.88 bits per heavy atom. The lowest BCUT2D eigenvalue weighted by Crippen LogP contribution is -2.22. The highest BCUT2D eigenvalue weighted by Crippen LogP contribution is 2.09. The average Bonchev–Trinajstić information content (AvgIpc) is 2.25. The highest BCUT2D eigenvalue weighted by Gasteiger charge is 2.11. The number of carbonyl (C=O) groups excluding carboxylic acids is 1. The molecule has 3 heteroatoms. The van der Waals surface area contributed by atoms with Gasteiger partial charge in [0.1, 0.15) is 6.61 Å². The van der Waals surface area contributed by atoms with Crippen molar-refractivity contribution in [2.45, 2.75) is 31.3 Å². The van der Waals surface area contributed by atoms with Gasteiger partial charge in [-0.05, 0) is 44.5 Å². The zero-order valence-electron chi connectivity index (χ0n) is 10.4. The van der Waals surface area contributed by atoms with Crippen LogP contribution in [0.4, 0.5) is 0 Å². The summed E-state index contributed by atoms with van der Waals surface area (Å²) >= 11 is 4.19. The molecule has 0 saturated heterocycles. The Morgan fingerprint density at radius 3 is 2.41 bits per heavy atom. The van der Waals surface area contributed by atoms with Crippen molar-refractivity contribution in [1.82, 2.24) is 0 Å². The van der Waals surface area contributed by atoms with E-state index in [0.29, 0.717) is 0 Å². The Labute approximate surface area is 108 Å². The SMILES string of the molecule is CC(C)(C)OCC(=O)/C=C/c1ccc(S)cc1. The molecule has 1 rings (SSSR count). The Hall–Kier alpha value is -1.06. The van der Waals surface area contributed by atoms with Crippen molar-refractivity contribution in [1.29, 1.82) is 0 Å². The van der Waals surface area contributed by atoms with E-state index in [-0.39, 0.29) is 18.0 Å². The molecule has 2 nitrogen and oxygen atoms in total. The molecule has 0 saturated carbocycles. The van der Waals surface area contributed by atoms with Crippen LogP contribution in [0.15, 0.2) is 35.2 Å². The third kappa shape index (κ3) is 6.29. The highest BCUT2D eigenvalue weighted by molar-refractivity contribution is 7.80. The van der Waals surface area contributed by atoms with E-state index in [4.69, 9.17) is 4.74 Å². The van der Waals surface area contributed by atoms with Crippen LogP contribution in [0.1, 0.15) is 26.3 Å². The first-order chi connectivity index (χ1) is 7.87. The molecule has 1 aromatic carbocycles. The number of hydrogen-bond donors (Lipinski definition) is 1. The Balaban J connectivity index is 2.48. The van der Waals surface area contributed by atoms with E-state index in [0.717, 1.165) is 10.5 Å². The van der Waals surface area contributed by atoms with Gasteiger partial charge in [0.15, 0.2) is 5.78 Å². The van der Waals surface area contributed by atoms with Gasteiger partial charge in [-0.1, -0.05) is 18.2 Å². The molecule has 0 N–H and O–H groups in total. The van der Waals surface area contributed by atoms with Crippen LogP contribution in [-0.4, -0.2) is 18.0 Å². The predicted molar refractivity (Wildman–Crippen MR) is 73.4 cm³/mol. The second-order valence-corrected chi connectivity index (χ2v) is 5.31. The molecule has 0 unspecified atom stereocenters. The van der Waals surface area contributed by atoms with Gasteiger partial charge in [0.2, 0.25) is 0 Å². The minimum Gasteiger partial charge on any atom is -0.368 e. The molecule has 0 amide bonds. The molecule has 0 aliphatic heterocycles. The highest BCUT2D eigenvalue weighted by atomic mass is 32.1. The second-order valence-electron chi connectivity index (χ2n) is 4.79. The van der Waals surface area contributed by atoms with E-state index in [9.17, 15) is 4.79 Å². The summed E-state index contributed by atoms with van der Waals surface area (Å²) in [6, 6.07) is 7.60. The lowest BCUT2D eigenvalue weighted by Gasteiger charge is -2.18. The number of rotatable bonds is 4. The van der Waals surface area contributed by atoms with Gasteiger partial charge in [0, 0.05) is 4.90 Å². The van der Waals surface area contributed by atoms with Crippen molar-refractivity contribution in [3.63, 3.8) is 0 Å². The van der Waals surface area contributed by atoms with Crippen molar-refractivity contribution in [3.05, 3.63) is 35.9 Å². The molecular formula is C14H18O2S. The molecule has 0 aromatic heterocycles. The number of ketones is 1. The van der Waals surface area contributed by atoms with Crippen molar-refractivity contribution >= 4 is 24.5 Å². The monoisotopic (exact) mass is 250 g/mol. The number of thiol groups is 1. The Bertz CT molecular complexity index is 399. The largest absolute Gasteiger partial charge is 0.368 e. The standard InChI is InChI=1S/C14H18O2S/c1-14(2,3)16-10-12(15)7-4-11-5-8-13(17)9-6-11/h4-9,17H,10H2,1-3H3/b7-4+. The minimum absolute atomic E-state index is 0.0325. The number of ether oxygens (including phenoxy) is 1. The molecule has 0 atom stereocenters. The van der Waals surface area contributed by atoms with Crippen LogP contribution in [-0.2, 0) is 9.53 Å². The Kier molecular flexibility index (Phi) is 4.97. The van der Waals surface area contributed by atoms with Crippen LogP contribution >= 0.6 is 12.6 Å². The number of benzene rings is 1. The van der Waals surface area contributed by atoms with Crippen LogP contribution in [0.2, 0.25) is 0 Å². The molecule has 17 heavy (non-hydrogen) atoms. The molecule has 0 heterocycles. The van der Waals surface area contributed by atoms with Gasteiger partial charge in [-0.15, -0.1) is 12.6 Å². The quantitative estimate of drug-likeness (QED) is 0.655. The molecule has 0 bridgehead atoms. The van der Waals surface area contributed by atoms with Crippen LogP contribution < -0.4 is 0 Å². The molecule has 1 aromatic rings. The third-order valence-electron chi connectivity index (χ3n) is 2.00. The van der Waals surface area contributed by atoms with Crippen molar-refractivity contribution in [2.75, 3.05) is 6.61 Å². The van der Waals surface area contributed by atoms with Crippen molar-refractivity contribution < 1.29 is 9.53 Å². The van der Waals surface area contributed by atoms with Crippen LogP contribution in [0.25, 0.3) is 6.08 Å². The smallest absolute Gasteiger partial charge is 0.181 e. The van der Waals surface area contributed by atoms with Gasteiger partial charge >= 0.3 is 0 Å². The van der Waals surface area contributed by atoms with E-state index in [1.54, 1.807) is 12.2 Å². The molecular weight excluding hydrogens is 232 g/mol. The summed E-state index contributed by atoms with van der Waals surface area (Å²) in [5, 5.41) is 0. The fraction of sp³-hybridized carbons (Fsp3) is 0.357. The average molecular weight is 250 g/mol. The van der Waals surface area contributed by atoms with Crippen LogP contribution in [0.3, 0.4) is 0 Å². The predicted octanol–water partition coefficient (Wildman–Crippen LogP) is 3.37. The van der Waals surface area contributed by atoms with Gasteiger partial charge in [0.05, 0.1) is 5.60 Å². The first kappa shape index (κ1) is 14.0. The van der Waals surface area contributed by atoms with Crippen molar-refractivity contribution in [2.24, 2.45) is 0 Å². The normalized spacial score (nSPS) is 12.0.